The number of methoxy groups -OCH3 is 2. The fraction of sp³-hybridized carbons (Fsp3) is 0.556. The minimum absolute atomic E-state index is 0.0387. The summed E-state index contributed by atoms with van der Waals surface area (Å²) in [5.41, 5.74) is -1.38. The standard InChI is InChI=1S/C9H11F3N2O3/c1-16-4-3-14-6(8(15)17-2)5-7(13-14)9(10,11)12/h5H,3-4H2,1-2H3. The van der Waals surface area contributed by atoms with Gasteiger partial charge in [-0.2, -0.15) is 18.3 Å². The molecular weight excluding hydrogens is 241 g/mol. The second kappa shape index (κ2) is 5.17. The first-order valence-electron chi connectivity index (χ1n) is 4.62. The second-order valence-electron chi connectivity index (χ2n) is 3.12. The van der Waals surface area contributed by atoms with Crippen LogP contribution in [0.4, 0.5) is 13.2 Å². The minimum Gasteiger partial charge on any atom is -0.464 e. The van der Waals surface area contributed by atoms with E-state index in [9.17, 15) is 18.0 Å². The number of ether oxygens (including phenoxy) is 2. The predicted octanol–water partition coefficient (Wildman–Crippen LogP) is 1.33. The van der Waals surface area contributed by atoms with Gasteiger partial charge < -0.3 is 9.47 Å². The van der Waals surface area contributed by atoms with Gasteiger partial charge in [0, 0.05) is 13.2 Å². The zero-order valence-corrected chi connectivity index (χ0v) is 9.24. The second-order valence-corrected chi connectivity index (χ2v) is 3.12. The van der Waals surface area contributed by atoms with E-state index >= 15 is 0 Å². The molecule has 0 radical (unpaired) electrons. The molecule has 1 heterocycles. The molecule has 0 spiro atoms. The smallest absolute Gasteiger partial charge is 0.435 e. The Morgan fingerprint density at radius 1 is 1.47 bits per heavy atom. The summed E-state index contributed by atoms with van der Waals surface area (Å²) in [4.78, 5) is 11.2. The third-order valence-corrected chi connectivity index (χ3v) is 1.97. The molecule has 1 aromatic heterocycles. The first-order valence-corrected chi connectivity index (χ1v) is 4.62. The summed E-state index contributed by atoms with van der Waals surface area (Å²) in [6, 6.07) is 0.654. The van der Waals surface area contributed by atoms with Gasteiger partial charge in [-0.05, 0) is 0 Å². The first-order chi connectivity index (χ1) is 7.90. The summed E-state index contributed by atoms with van der Waals surface area (Å²) in [5, 5.41) is 3.30. The molecule has 0 saturated heterocycles. The van der Waals surface area contributed by atoms with Gasteiger partial charge in [0.2, 0.25) is 0 Å². The SMILES string of the molecule is COCCn1nc(C(F)(F)F)cc1C(=O)OC. The topological polar surface area (TPSA) is 53.4 Å². The molecule has 0 saturated carbocycles. The number of halogens is 3. The number of carbonyl (C=O) groups is 1. The van der Waals surface area contributed by atoms with Crippen molar-refractivity contribution < 1.29 is 27.4 Å². The van der Waals surface area contributed by atoms with Gasteiger partial charge in [0.15, 0.2) is 5.69 Å². The van der Waals surface area contributed by atoms with Gasteiger partial charge in [-0.25, -0.2) is 4.79 Å². The summed E-state index contributed by atoms with van der Waals surface area (Å²) >= 11 is 0. The van der Waals surface area contributed by atoms with Crippen molar-refractivity contribution in [3.63, 3.8) is 0 Å². The van der Waals surface area contributed by atoms with Gasteiger partial charge in [-0.1, -0.05) is 0 Å². The van der Waals surface area contributed by atoms with Crippen LogP contribution >= 0.6 is 0 Å². The number of hydrogen-bond acceptors (Lipinski definition) is 4. The molecule has 0 unspecified atom stereocenters. The maximum Gasteiger partial charge on any atom is 0.435 e. The molecule has 0 aliphatic heterocycles. The zero-order valence-electron chi connectivity index (χ0n) is 9.24. The Hall–Kier alpha value is -1.57. The number of carbonyl (C=O) groups excluding carboxylic acids is 1. The molecule has 0 fully saturated rings. The Morgan fingerprint density at radius 3 is 2.59 bits per heavy atom. The van der Waals surface area contributed by atoms with E-state index in [0.717, 1.165) is 11.8 Å². The van der Waals surface area contributed by atoms with Crippen LogP contribution in [0, 0.1) is 0 Å². The van der Waals surface area contributed by atoms with Crippen molar-refractivity contribution in [1.29, 1.82) is 0 Å². The van der Waals surface area contributed by atoms with Crippen LogP contribution in [0.2, 0.25) is 0 Å². The molecule has 0 N–H and O–H groups in total. The molecular formula is C9H11F3N2O3. The van der Waals surface area contributed by atoms with Crippen molar-refractivity contribution in [2.75, 3.05) is 20.8 Å². The van der Waals surface area contributed by atoms with Crippen LogP contribution < -0.4 is 0 Å². The third kappa shape index (κ3) is 3.19. The van der Waals surface area contributed by atoms with Gasteiger partial charge in [0.1, 0.15) is 5.69 Å². The van der Waals surface area contributed by atoms with Gasteiger partial charge >= 0.3 is 12.1 Å². The quantitative estimate of drug-likeness (QED) is 0.759. The van der Waals surface area contributed by atoms with Crippen LogP contribution in [0.25, 0.3) is 0 Å². The molecule has 8 heteroatoms. The molecule has 0 bridgehead atoms. The Labute approximate surface area is 95.1 Å². The number of aromatic nitrogens is 2. The van der Waals surface area contributed by atoms with Crippen molar-refractivity contribution in [2.24, 2.45) is 0 Å². The lowest BCUT2D eigenvalue weighted by Crippen LogP contribution is -2.15. The Morgan fingerprint density at radius 2 is 2.12 bits per heavy atom. The zero-order chi connectivity index (χ0) is 13.1. The lowest BCUT2D eigenvalue weighted by atomic mass is 10.3. The first kappa shape index (κ1) is 13.5. The highest BCUT2D eigenvalue weighted by Crippen LogP contribution is 2.28. The highest BCUT2D eigenvalue weighted by molar-refractivity contribution is 5.87. The number of hydrogen-bond donors (Lipinski definition) is 0. The maximum atomic E-state index is 12.4. The molecule has 17 heavy (non-hydrogen) atoms. The van der Waals surface area contributed by atoms with Crippen LogP contribution in [-0.2, 0) is 22.2 Å². The van der Waals surface area contributed by atoms with Crippen LogP contribution in [-0.4, -0.2) is 36.6 Å². The normalized spacial score (nSPS) is 11.6. The van der Waals surface area contributed by atoms with E-state index in [4.69, 9.17) is 4.74 Å². The van der Waals surface area contributed by atoms with Crippen LogP contribution in [0.3, 0.4) is 0 Å². The lowest BCUT2D eigenvalue weighted by molar-refractivity contribution is -0.141. The number of alkyl halides is 3. The van der Waals surface area contributed by atoms with Crippen LogP contribution in [0.15, 0.2) is 6.07 Å². The van der Waals surface area contributed by atoms with E-state index in [-0.39, 0.29) is 18.8 Å². The Balaban J connectivity index is 3.07. The van der Waals surface area contributed by atoms with Crippen molar-refractivity contribution in [1.82, 2.24) is 9.78 Å². The van der Waals surface area contributed by atoms with E-state index in [0.29, 0.717) is 6.07 Å². The van der Waals surface area contributed by atoms with Crippen molar-refractivity contribution in [2.45, 2.75) is 12.7 Å². The average molecular weight is 252 g/mol. The van der Waals surface area contributed by atoms with E-state index in [1.54, 1.807) is 0 Å². The number of esters is 1. The molecule has 1 rings (SSSR count). The van der Waals surface area contributed by atoms with E-state index in [1.807, 2.05) is 0 Å². The lowest BCUT2D eigenvalue weighted by Gasteiger charge is -2.04. The van der Waals surface area contributed by atoms with Gasteiger partial charge in [0.25, 0.3) is 0 Å². The molecule has 5 nitrogen and oxygen atoms in total. The average Bonchev–Trinajstić information content (AvgIpc) is 2.68. The summed E-state index contributed by atoms with van der Waals surface area (Å²) in [6.45, 7) is 0.181. The summed E-state index contributed by atoms with van der Waals surface area (Å²) in [7, 11) is 2.48. The fourth-order valence-electron chi connectivity index (χ4n) is 1.17. The molecule has 0 atom stereocenters. The highest BCUT2D eigenvalue weighted by Gasteiger charge is 2.36. The largest absolute Gasteiger partial charge is 0.464 e. The van der Waals surface area contributed by atoms with E-state index < -0.39 is 17.8 Å². The Kier molecular flexibility index (Phi) is 4.11. The molecule has 96 valence electrons. The highest BCUT2D eigenvalue weighted by atomic mass is 19.4. The third-order valence-electron chi connectivity index (χ3n) is 1.97. The Bertz CT molecular complexity index is 401. The summed E-state index contributed by atoms with van der Waals surface area (Å²) in [6.07, 6.45) is -4.60. The number of nitrogens with zero attached hydrogens (tertiary/aromatic N) is 2. The van der Waals surface area contributed by atoms with Crippen LogP contribution in [0.5, 0.6) is 0 Å². The summed E-state index contributed by atoms with van der Waals surface area (Å²) < 4.78 is 47.2. The molecule has 0 aliphatic carbocycles. The number of rotatable bonds is 4. The molecule has 0 amide bonds. The van der Waals surface area contributed by atoms with Gasteiger partial charge in [0.05, 0.1) is 20.3 Å². The van der Waals surface area contributed by atoms with E-state index in [2.05, 4.69) is 9.84 Å². The minimum atomic E-state index is -4.60. The fourth-order valence-corrected chi connectivity index (χ4v) is 1.17. The van der Waals surface area contributed by atoms with Gasteiger partial charge in [-0.15, -0.1) is 0 Å². The van der Waals surface area contributed by atoms with Gasteiger partial charge in [-0.3, -0.25) is 4.68 Å². The van der Waals surface area contributed by atoms with Crippen LogP contribution in [0.1, 0.15) is 16.2 Å². The van der Waals surface area contributed by atoms with Crippen molar-refractivity contribution in [3.8, 4) is 0 Å². The summed E-state index contributed by atoms with van der Waals surface area (Å²) in [5.74, 6) is -0.871. The molecule has 0 aromatic carbocycles. The van der Waals surface area contributed by atoms with E-state index in [1.165, 1.54) is 7.11 Å². The monoisotopic (exact) mass is 252 g/mol. The van der Waals surface area contributed by atoms with Crippen molar-refractivity contribution >= 4 is 5.97 Å². The predicted molar refractivity (Wildman–Crippen MR) is 50.4 cm³/mol. The molecule has 1 aromatic rings. The molecule has 0 aliphatic rings. The maximum absolute atomic E-state index is 12.4. The van der Waals surface area contributed by atoms with Crippen molar-refractivity contribution in [3.05, 3.63) is 17.5 Å².